The van der Waals surface area contributed by atoms with Gasteiger partial charge in [-0.25, -0.2) is 4.39 Å². The first kappa shape index (κ1) is 18.8. The van der Waals surface area contributed by atoms with E-state index in [0.717, 1.165) is 11.3 Å². The van der Waals surface area contributed by atoms with E-state index in [4.69, 9.17) is 9.47 Å². The van der Waals surface area contributed by atoms with Gasteiger partial charge in [0.1, 0.15) is 18.1 Å². The molecule has 1 aromatic heterocycles. The molecule has 1 amide bonds. The first-order valence-corrected chi connectivity index (χ1v) is 9.01. The van der Waals surface area contributed by atoms with E-state index < -0.39 is 17.7 Å². The lowest BCUT2D eigenvalue weighted by atomic mass is 10.2. The normalized spacial score (nSPS) is 11.6. The Morgan fingerprint density at radius 2 is 2.00 bits per heavy atom. The van der Waals surface area contributed by atoms with Crippen LogP contribution in [0.2, 0.25) is 0 Å². The van der Waals surface area contributed by atoms with E-state index in [2.05, 4.69) is 4.99 Å². The Hall–Kier alpha value is -3.00. The number of halogens is 1. The van der Waals surface area contributed by atoms with Crippen LogP contribution in [0.15, 0.2) is 47.5 Å². The Labute approximate surface area is 158 Å². The lowest BCUT2D eigenvalue weighted by Gasteiger charge is -2.06. The fraction of sp³-hybridized carbons (Fsp3) is 0.211. The summed E-state index contributed by atoms with van der Waals surface area (Å²) in [6, 6.07) is 10.9. The molecule has 0 atom stereocenters. The van der Waals surface area contributed by atoms with Gasteiger partial charge in [-0.05, 0) is 37.3 Å². The van der Waals surface area contributed by atoms with Gasteiger partial charge in [0.25, 0.3) is 5.91 Å². The second-order valence-corrected chi connectivity index (χ2v) is 6.51. The zero-order valence-corrected chi connectivity index (χ0v) is 15.6. The number of fused-ring (bicyclic) bond motifs is 1. The summed E-state index contributed by atoms with van der Waals surface area (Å²) in [5.74, 6) is -0.991. The third-order valence-electron chi connectivity index (χ3n) is 3.77. The molecule has 0 bridgehead atoms. The van der Waals surface area contributed by atoms with E-state index in [0.29, 0.717) is 21.5 Å². The molecule has 0 N–H and O–H groups in total. The first-order valence-electron chi connectivity index (χ1n) is 8.20. The Bertz CT molecular complexity index is 1070. The van der Waals surface area contributed by atoms with Crippen molar-refractivity contribution in [3.8, 4) is 5.75 Å². The van der Waals surface area contributed by atoms with Crippen molar-refractivity contribution in [3.63, 3.8) is 0 Å². The van der Waals surface area contributed by atoms with E-state index in [1.165, 1.54) is 19.2 Å². The summed E-state index contributed by atoms with van der Waals surface area (Å²) in [5, 5.41) is 0. The maximum atomic E-state index is 13.6. The van der Waals surface area contributed by atoms with Gasteiger partial charge >= 0.3 is 5.97 Å². The molecular formula is C19H17FN2O4S. The number of benzene rings is 2. The number of methoxy groups -OCH3 is 1. The van der Waals surface area contributed by atoms with Crippen molar-refractivity contribution in [1.29, 1.82) is 0 Å². The molecule has 0 saturated carbocycles. The number of carbonyl (C=O) groups excluding carboxylic acids is 2. The van der Waals surface area contributed by atoms with Crippen molar-refractivity contribution in [2.45, 2.75) is 13.5 Å². The molecule has 0 fully saturated rings. The van der Waals surface area contributed by atoms with Crippen LogP contribution < -0.4 is 9.54 Å². The van der Waals surface area contributed by atoms with Crippen molar-refractivity contribution in [1.82, 2.24) is 4.57 Å². The maximum absolute atomic E-state index is 13.6. The largest absolute Gasteiger partial charge is 0.496 e. The van der Waals surface area contributed by atoms with Crippen LogP contribution in [-0.4, -0.2) is 30.2 Å². The molecule has 0 radical (unpaired) electrons. The summed E-state index contributed by atoms with van der Waals surface area (Å²) in [7, 11) is 1.47. The lowest BCUT2D eigenvalue weighted by Crippen LogP contribution is -2.23. The Morgan fingerprint density at radius 3 is 2.74 bits per heavy atom. The van der Waals surface area contributed by atoms with E-state index in [9.17, 15) is 14.0 Å². The van der Waals surface area contributed by atoms with Crippen LogP contribution in [0.1, 0.15) is 17.3 Å². The molecule has 6 nitrogen and oxygen atoms in total. The van der Waals surface area contributed by atoms with Crippen molar-refractivity contribution >= 4 is 33.4 Å². The number of thiazole rings is 1. The number of carbonyl (C=O) groups is 2. The molecule has 3 aromatic rings. The van der Waals surface area contributed by atoms with Gasteiger partial charge in [0, 0.05) is 0 Å². The molecule has 8 heteroatoms. The lowest BCUT2D eigenvalue weighted by molar-refractivity contribution is -0.143. The molecule has 1 heterocycles. The Kier molecular flexibility index (Phi) is 5.66. The van der Waals surface area contributed by atoms with E-state index in [1.54, 1.807) is 41.8 Å². The number of hydrogen-bond donors (Lipinski definition) is 0. The van der Waals surface area contributed by atoms with Crippen molar-refractivity contribution in [2.24, 2.45) is 4.99 Å². The van der Waals surface area contributed by atoms with Crippen molar-refractivity contribution in [3.05, 3.63) is 58.6 Å². The van der Waals surface area contributed by atoms with Crippen LogP contribution in [0, 0.1) is 5.82 Å². The van der Waals surface area contributed by atoms with E-state index >= 15 is 0 Å². The van der Waals surface area contributed by atoms with Gasteiger partial charge in [-0.15, -0.1) is 0 Å². The third-order valence-corrected chi connectivity index (χ3v) is 4.81. The van der Waals surface area contributed by atoms with Gasteiger partial charge in [-0.2, -0.15) is 4.99 Å². The van der Waals surface area contributed by atoms with Crippen LogP contribution in [0.4, 0.5) is 4.39 Å². The summed E-state index contributed by atoms with van der Waals surface area (Å²) in [6.07, 6.45) is 0. The monoisotopic (exact) mass is 388 g/mol. The summed E-state index contributed by atoms with van der Waals surface area (Å²) in [4.78, 5) is 29.1. The van der Waals surface area contributed by atoms with Crippen molar-refractivity contribution < 1.29 is 23.5 Å². The van der Waals surface area contributed by atoms with Gasteiger partial charge < -0.3 is 14.0 Å². The summed E-state index contributed by atoms with van der Waals surface area (Å²) < 4.78 is 25.9. The minimum Gasteiger partial charge on any atom is -0.496 e. The topological polar surface area (TPSA) is 69.9 Å². The fourth-order valence-corrected chi connectivity index (χ4v) is 3.64. The van der Waals surface area contributed by atoms with Gasteiger partial charge in [0.2, 0.25) is 0 Å². The molecule has 0 aliphatic carbocycles. The average molecular weight is 388 g/mol. The van der Waals surface area contributed by atoms with E-state index in [-0.39, 0.29) is 18.0 Å². The van der Waals surface area contributed by atoms with Crippen LogP contribution in [0.5, 0.6) is 5.75 Å². The van der Waals surface area contributed by atoms with Crippen LogP contribution in [-0.2, 0) is 16.1 Å². The summed E-state index contributed by atoms with van der Waals surface area (Å²) in [6.45, 7) is 1.82. The zero-order valence-electron chi connectivity index (χ0n) is 14.8. The molecule has 0 spiro atoms. The number of para-hydroxylation sites is 1. The van der Waals surface area contributed by atoms with Gasteiger partial charge in [0.05, 0.1) is 29.5 Å². The molecule has 0 saturated heterocycles. The number of hydrogen-bond acceptors (Lipinski definition) is 5. The number of amides is 1. The first-order chi connectivity index (χ1) is 13.0. The molecule has 140 valence electrons. The highest BCUT2D eigenvalue weighted by Gasteiger charge is 2.15. The van der Waals surface area contributed by atoms with Gasteiger partial charge in [0.15, 0.2) is 4.80 Å². The predicted octanol–water partition coefficient (Wildman–Crippen LogP) is 3.15. The molecule has 0 unspecified atom stereocenters. The number of rotatable bonds is 5. The summed E-state index contributed by atoms with van der Waals surface area (Å²) in [5.41, 5.74) is 0.896. The molecule has 27 heavy (non-hydrogen) atoms. The second-order valence-electron chi connectivity index (χ2n) is 5.51. The quantitative estimate of drug-likeness (QED) is 0.630. The third kappa shape index (κ3) is 4.06. The van der Waals surface area contributed by atoms with E-state index in [1.807, 2.05) is 0 Å². The summed E-state index contributed by atoms with van der Waals surface area (Å²) >= 11 is 1.12. The Morgan fingerprint density at radius 1 is 1.22 bits per heavy atom. The van der Waals surface area contributed by atoms with Gasteiger partial charge in [-0.1, -0.05) is 23.5 Å². The smallest absolute Gasteiger partial charge is 0.326 e. The predicted molar refractivity (Wildman–Crippen MR) is 99.3 cm³/mol. The average Bonchev–Trinajstić information content (AvgIpc) is 2.97. The Balaban J connectivity index is 2.13. The number of aromatic nitrogens is 1. The standard InChI is InChI=1S/C19H17FN2O4S/c1-3-26-17(23)11-22-14-9-8-12(20)10-16(14)27-19(22)21-18(24)13-6-4-5-7-15(13)25-2/h4-10H,3,11H2,1-2H3. The number of nitrogens with zero attached hydrogens (tertiary/aromatic N) is 2. The SMILES string of the molecule is CCOC(=O)Cn1c(=NC(=O)c2ccccc2OC)sc2cc(F)ccc21. The maximum Gasteiger partial charge on any atom is 0.326 e. The van der Waals surface area contributed by atoms with Crippen LogP contribution in [0.3, 0.4) is 0 Å². The molecule has 0 aliphatic heterocycles. The highest BCUT2D eigenvalue weighted by Crippen LogP contribution is 2.20. The fourth-order valence-electron chi connectivity index (χ4n) is 2.59. The minimum atomic E-state index is -0.517. The number of esters is 1. The van der Waals surface area contributed by atoms with Crippen LogP contribution in [0.25, 0.3) is 10.2 Å². The zero-order chi connectivity index (χ0) is 19.4. The second kappa shape index (κ2) is 8.13. The molecule has 2 aromatic carbocycles. The minimum absolute atomic E-state index is 0.127. The highest BCUT2D eigenvalue weighted by atomic mass is 32.1. The molecule has 3 rings (SSSR count). The molecular weight excluding hydrogens is 371 g/mol. The van der Waals surface area contributed by atoms with Gasteiger partial charge in [-0.3, -0.25) is 9.59 Å². The van der Waals surface area contributed by atoms with Crippen molar-refractivity contribution in [2.75, 3.05) is 13.7 Å². The highest BCUT2D eigenvalue weighted by molar-refractivity contribution is 7.16. The van der Waals surface area contributed by atoms with Crippen LogP contribution >= 0.6 is 11.3 Å². The number of ether oxygens (including phenoxy) is 2. The molecule has 0 aliphatic rings.